The zero-order valence-corrected chi connectivity index (χ0v) is 10.7. The molecule has 0 unspecified atom stereocenters. The van der Waals surface area contributed by atoms with Gasteiger partial charge < -0.3 is 9.84 Å². The summed E-state index contributed by atoms with van der Waals surface area (Å²) in [6, 6.07) is 3.60. The third-order valence-electron chi connectivity index (χ3n) is 2.57. The summed E-state index contributed by atoms with van der Waals surface area (Å²) in [6.45, 7) is 5.64. The molecule has 2 heterocycles. The van der Waals surface area contributed by atoms with Crippen LogP contribution in [0, 0.1) is 13.8 Å². The average Bonchev–Trinajstić information content (AvgIpc) is 2.87. The highest BCUT2D eigenvalue weighted by Crippen LogP contribution is 2.13. The Balaban J connectivity index is 1.91. The van der Waals surface area contributed by atoms with Crippen LogP contribution in [-0.2, 0) is 4.79 Å². The quantitative estimate of drug-likeness (QED) is 0.899. The van der Waals surface area contributed by atoms with Gasteiger partial charge in [-0.1, -0.05) is 5.16 Å². The molecule has 0 bridgehead atoms. The van der Waals surface area contributed by atoms with Crippen LogP contribution in [0.1, 0.15) is 30.8 Å². The minimum Gasteiger partial charge on any atom is -0.360 e. The van der Waals surface area contributed by atoms with Crippen molar-refractivity contribution in [3.63, 3.8) is 0 Å². The van der Waals surface area contributed by atoms with Crippen molar-refractivity contribution >= 4 is 11.7 Å². The van der Waals surface area contributed by atoms with E-state index in [4.69, 9.17) is 4.52 Å². The van der Waals surface area contributed by atoms with Crippen LogP contribution in [0.15, 0.2) is 22.9 Å². The number of nitrogens with zero attached hydrogens (tertiary/aromatic N) is 3. The standard InChI is InChI=1S/C12H16N4O2/c1-8-4-5-16(14-8)9(2)6-12(17)13-11-7-10(3)18-15-11/h4-5,7,9H,6H2,1-3H3,(H,13,15,17)/t9-/m0/s1. The monoisotopic (exact) mass is 248 g/mol. The fourth-order valence-corrected chi connectivity index (χ4v) is 1.66. The van der Waals surface area contributed by atoms with Gasteiger partial charge >= 0.3 is 0 Å². The van der Waals surface area contributed by atoms with Crippen LogP contribution in [-0.4, -0.2) is 20.8 Å². The summed E-state index contributed by atoms with van der Waals surface area (Å²) in [5.74, 6) is 1.01. The van der Waals surface area contributed by atoms with Crippen molar-refractivity contribution in [1.29, 1.82) is 0 Å². The Morgan fingerprint density at radius 3 is 2.89 bits per heavy atom. The zero-order valence-electron chi connectivity index (χ0n) is 10.7. The van der Waals surface area contributed by atoms with E-state index >= 15 is 0 Å². The molecule has 0 radical (unpaired) electrons. The number of anilines is 1. The third-order valence-corrected chi connectivity index (χ3v) is 2.57. The van der Waals surface area contributed by atoms with E-state index in [2.05, 4.69) is 15.6 Å². The van der Waals surface area contributed by atoms with Crippen LogP contribution in [0.3, 0.4) is 0 Å². The molecule has 1 N–H and O–H groups in total. The van der Waals surface area contributed by atoms with E-state index in [9.17, 15) is 4.79 Å². The first-order chi connectivity index (χ1) is 8.54. The molecule has 2 aromatic rings. The maximum atomic E-state index is 11.8. The molecule has 0 saturated heterocycles. The van der Waals surface area contributed by atoms with E-state index in [1.807, 2.05) is 26.1 Å². The largest absolute Gasteiger partial charge is 0.360 e. The van der Waals surface area contributed by atoms with Gasteiger partial charge in [0.2, 0.25) is 5.91 Å². The minimum atomic E-state index is -0.107. The lowest BCUT2D eigenvalue weighted by atomic mass is 10.2. The molecule has 96 valence electrons. The van der Waals surface area contributed by atoms with Gasteiger partial charge in [-0.05, 0) is 26.8 Å². The van der Waals surface area contributed by atoms with Gasteiger partial charge in [-0.2, -0.15) is 5.10 Å². The number of hydrogen-bond acceptors (Lipinski definition) is 4. The van der Waals surface area contributed by atoms with E-state index in [-0.39, 0.29) is 11.9 Å². The number of carbonyl (C=O) groups excluding carboxylic acids is 1. The number of aromatic nitrogens is 3. The Kier molecular flexibility index (Phi) is 3.45. The highest BCUT2D eigenvalue weighted by atomic mass is 16.5. The van der Waals surface area contributed by atoms with Gasteiger partial charge in [0, 0.05) is 18.7 Å². The maximum absolute atomic E-state index is 11.8. The third kappa shape index (κ3) is 2.97. The Labute approximate surface area is 105 Å². The Hall–Kier alpha value is -2.11. The topological polar surface area (TPSA) is 73.0 Å². The Morgan fingerprint density at radius 2 is 2.33 bits per heavy atom. The molecule has 2 rings (SSSR count). The molecule has 0 aromatic carbocycles. The summed E-state index contributed by atoms with van der Waals surface area (Å²) >= 11 is 0. The van der Waals surface area contributed by atoms with Crippen LogP contribution in [0.2, 0.25) is 0 Å². The van der Waals surface area contributed by atoms with Crippen LogP contribution in [0.25, 0.3) is 0 Å². The zero-order chi connectivity index (χ0) is 13.1. The van der Waals surface area contributed by atoms with E-state index in [1.165, 1.54) is 0 Å². The molecule has 18 heavy (non-hydrogen) atoms. The van der Waals surface area contributed by atoms with Crippen LogP contribution in [0.5, 0.6) is 0 Å². The van der Waals surface area contributed by atoms with Gasteiger partial charge in [-0.25, -0.2) is 0 Å². The van der Waals surface area contributed by atoms with Crippen LogP contribution >= 0.6 is 0 Å². The average molecular weight is 248 g/mol. The number of amides is 1. The van der Waals surface area contributed by atoms with Crippen molar-refractivity contribution in [2.45, 2.75) is 33.2 Å². The molecule has 0 saturated carbocycles. The molecule has 0 spiro atoms. The first-order valence-corrected chi connectivity index (χ1v) is 5.79. The first-order valence-electron chi connectivity index (χ1n) is 5.79. The predicted molar refractivity (Wildman–Crippen MR) is 66.2 cm³/mol. The van der Waals surface area contributed by atoms with Gasteiger partial charge in [-0.15, -0.1) is 0 Å². The van der Waals surface area contributed by atoms with Crippen molar-refractivity contribution in [2.24, 2.45) is 0 Å². The highest BCUT2D eigenvalue weighted by Gasteiger charge is 2.13. The molecular formula is C12H16N4O2. The van der Waals surface area contributed by atoms with Gasteiger partial charge in [0.05, 0.1) is 11.7 Å². The summed E-state index contributed by atoms with van der Waals surface area (Å²) in [7, 11) is 0. The molecule has 1 amide bonds. The number of rotatable bonds is 4. The molecule has 0 aliphatic carbocycles. The fraction of sp³-hybridized carbons (Fsp3) is 0.417. The van der Waals surface area contributed by atoms with E-state index in [1.54, 1.807) is 17.7 Å². The van der Waals surface area contributed by atoms with Crippen LogP contribution in [0.4, 0.5) is 5.82 Å². The lowest BCUT2D eigenvalue weighted by Gasteiger charge is -2.11. The highest BCUT2D eigenvalue weighted by molar-refractivity contribution is 5.89. The number of aryl methyl sites for hydroxylation is 2. The summed E-state index contributed by atoms with van der Waals surface area (Å²) in [5, 5.41) is 10.7. The van der Waals surface area contributed by atoms with E-state index < -0.39 is 0 Å². The van der Waals surface area contributed by atoms with Gasteiger partial charge in [0.1, 0.15) is 5.76 Å². The number of nitrogens with one attached hydrogen (secondary N) is 1. The second-order valence-electron chi connectivity index (χ2n) is 4.36. The summed E-state index contributed by atoms with van der Waals surface area (Å²) in [5.41, 5.74) is 0.939. The van der Waals surface area contributed by atoms with Gasteiger partial charge in [0.25, 0.3) is 0 Å². The second kappa shape index (κ2) is 5.03. The summed E-state index contributed by atoms with van der Waals surface area (Å²) < 4.78 is 6.66. The Bertz CT molecular complexity index is 544. The molecule has 6 heteroatoms. The van der Waals surface area contributed by atoms with Crippen LogP contribution < -0.4 is 5.32 Å². The lowest BCUT2D eigenvalue weighted by Crippen LogP contribution is -2.18. The number of hydrogen-bond donors (Lipinski definition) is 1. The number of carbonyl (C=O) groups is 1. The van der Waals surface area contributed by atoms with E-state index in [0.717, 1.165) is 5.69 Å². The first kappa shape index (κ1) is 12.3. The Morgan fingerprint density at radius 1 is 1.56 bits per heavy atom. The fourth-order valence-electron chi connectivity index (χ4n) is 1.66. The van der Waals surface area contributed by atoms with Crippen molar-refractivity contribution in [2.75, 3.05) is 5.32 Å². The summed E-state index contributed by atoms with van der Waals surface area (Å²) in [6.07, 6.45) is 2.21. The second-order valence-corrected chi connectivity index (χ2v) is 4.36. The van der Waals surface area contributed by atoms with Crippen molar-refractivity contribution in [3.05, 3.63) is 29.8 Å². The molecule has 0 aliphatic rings. The van der Waals surface area contributed by atoms with Gasteiger partial charge in [0.15, 0.2) is 5.82 Å². The molecule has 0 aliphatic heterocycles. The van der Waals surface area contributed by atoms with Crippen molar-refractivity contribution in [1.82, 2.24) is 14.9 Å². The van der Waals surface area contributed by atoms with Crippen molar-refractivity contribution in [3.8, 4) is 0 Å². The molecule has 2 aromatic heterocycles. The maximum Gasteiger partial charge on any atom is 0.227 e. The van der Waals surface area contributed by atoms with Crippen molar-refractivity contribution < 1.29 is 9.32 Å². The molecule has 0 fully saturated rings. The summed E-state index contributed by atoms with van der Waals surface area (Å²) in [4.78, 5) is 11.8. The normalized spacial score (nSPS) is 12.4. The minimum absolute atomic E-state index is 0.00620. The lowest BCUT2D eigenvalue weighted by molar-refractivity contribution is -0.116. The molecule has 6 nitrogen and oxygen atoms in total. The van der Waals surface area contributed by atoms with E-state index in [0.29, 0.717) is 18.0 Å². The molecular weight excluding hydrogens is 232 g/mol. The smallest absolute Gasteiger partial charge is 0.227 e. The predicted octanol–water partition coefficient (Wildman–Crippen LogP) is 2.08. The molecule has 1 atom stereocenters. The van der Waals surface area contributed by atoms with Gasteiger partial charge in [-0.3, -0.25) is 9.48 Å². The SMILES string of the molecule is Cc1ccn([C@@H](C)CC(=O)Nc2cc(C)on2)n1.